The number of para-hydroxylation sites is 1. The van der Waals surface area contributed by atoms with E-state index >= 15 is 0 Å². The molecule has 0 aliphatic heterocycles. The first kappa shape index (κ1) is 17.7. The second-order valence-corrected chi connectivity index (χ2v) is 6.43. The highest BCUT2D eigenvalue weighted by atomic mass is 16.3. The molecule has 3 nitrogen and oxygen atoms in total. The minimum atomic E-state index is 0.187. The smallest absolute Gasteiger partial charge is 0.120 e. The van der Waals surface area contributed by atoms with Gasteiger partial charge in [-0.05, 0) is 36.2 Å². The Balaban J connectivity index is 1.87. The van der Waals surface area contributed by atoms with E-state index in [0.717, 1.165) is 17.7 Å². The molecule has 0 fully saturated rings. The average molecular weight is 342 g/mol. The first-order valence-electron chi connectivity index (χ1n) is 8.72. The van der Waals surface area contributed by atoms with Gasteiger partial charge in [-0.25, -0.2) is 0 Å². The van der Waals surface area contributed by atoms with Crippen molar-refractivity contribution < 1.29 is 5.11 Å². The van der Waals surface area contributed by atoms with Gasteiger partial charge in [0.2, 0.25) is 0 Å². The van der Waals surface area contributed by atoms with Crippen LogP contribution in [0.2, 0.25) is 0 Å². The van der Waals surface area contributed by atoms with Crippen molar-refractivity contribution in [3.8, 4) is 11.8 Å². The summed E-state index contributed by atoms with van der Waals surface area (Å²) >= 11 is 0. The van der Waals surface area contributed by atoms with Gasteiger partial charge in [0.25, 0.3) is 0 Å². The van der Waals surface area contributed by atoms with Gasteiger partial charge >= 0.3 is 0 Å². The summed E-state index contributed by atoms with van der Waals surface area (Å²) in [6, 6.07) is 27.9. The minimum Gasteiger partial charge on any atom is -0.508 e. The van der Waals surface area contributed by atoms with Gasteiger partial charge < -0.3 is 5.11 Å². The Morgan fingerprint density at radius 2 is 1.54 bits per heavy atom. The van der Waals surface area contributed by atoms with Gasteiger partial charge in [-0.3, -0.25) is 4.90 Å². The molecule has 130 valence electrons. The van der Waals surface area contributed by atoms with Gasteiger partial charge in [-0.1, -0.05) is 60.7 Å². The van der Waals surface area contributed by atoms with Crippen molar-refractivity contribution in [2.75, 3.05) is 0 Å². The highest BCUT2D eigenvalue weighted by Gasteiger charge is 2.18. The van der Waals surface area contributed by atoms with Gasteiger partial charge in [0, 0.05) is 24.7 Å². The number of aromatic hydroxyl groups is 1. The highest BCUT2D eigenvalue weighted by molar-refractivity contribution is 5.33. The molecule has 0 aliphatic rings. The van der Waals surface area contributed by atoms with E-state index in [1.54, 1.807) is 6.07 Å². The molecule has 3 aromatic carbocycles. The van der Waals surface area contributed by atoms with Crippen molar-refractivity contribution >= 4 is 0 Å². The molecule has 3 heteroatoms. The molecule has 3 rings (SSSR count). The Labute approximate surface area is 154 Å². The fourth-order valence-corrected chi connectivity index (χ4v) is 3.05. The summed E-state index contributed by atoms with van der Waals surface area (Å²) < 4.78 is 0. The van der Waals surface area contributed by atoms with Crippen molar-refractivity contribution in [2.45, 2.75) is 26.1 Å². The van der Waals surface area contributed by atoms with Gasteiger partial charge in [-0.2, -0.15) is 5.26 Å². The van der Waals surface area contributed by atoms with Crippen LogP contribution in [0.5, 0.6) is 5.75 Å². The van der Waals surface area contributed by atoms with Crippen molar-refractivity contribution in [3.05, 3.63) is 101 Å². The molecule has 0 radical (unpaired) electrons. The predicted molar refractivity (Wildman–Crippen MR) is 103 cm³/mol. The lowest BCUT2D eigenvalue weighted by molar-refractivity contribution is 0.190. The maximum Gasteiger partial charge on any atom is 0.120 e. The average Bonchev–Trinajstić information content (AvgIpc) is 2.70. The Morgan fingerprint density at radius 1 is 0.885 bits per heavy atom. The number of benzene rings is 3. The standard InChI is InChI=1S/C23H22N2O/c1-18(21-7-3-2-4-8-21)25(17-22-9-5-6-10-23(22)26)16-20-13-11-19(15-24)12-14-20/h2-14,18,26H,16-17H2,1H3. The topological polar surface area (TPSA) is 47.3 Å². The molecule has 0 saturated carbocycles. The lowest BCUT2D eigenvalue weighted by Crippen LogP contribution is -2.26. The van der Waals surface area contributed by atoms with E-state index in [0.29, 0.717) is 17.9 Å². The maximum absolute atomic E-state index is 10.2. The number of nitriles is 1. The Kier molecular flexibility index (Phi) is 5.68. The predicted octanol–water partition coefficient (Wildman–Crippen LogP) is 5.03. The molecule has 1 unspecified atom stereocenters. The molecule has 0 heterocycles. The second-order valence-electron chi connectivity index (χ2n) is 6.43. The van der Waals surface area contributed by atoms with Crippen molar-refractivity contribution in [2.24, 2.45) is 0 Å². The van der Waals surface area contributed by atoms with Crippen LogP contribution < -0.4 is 0 Å². The highest BCUT2D eigenvalue weighted by Crippen LogP contribution is 2.27. The zero-order chi connectivity index (χ0) is 18.4. The summed E-state index contributed by atoms with van der Waals surface area (Å²) in [5.74, 6) is 0.317. The third kappa shape index (κ3) is 4.30. The Bertz CT molecular complexity index is 882. The monoisotopic (exact) mass is 342 g/mol. The van der Waals surface area contributed by atoms with Gasteiger partial charge in [0.1, 0.15) is 5.75 Å². The van der Waals surface area contributed by atoms with Crippen LogP contribution in [0.4, 0.5) is 0 Å². The van der Waals surface area contributed by atoms with Crippen molar-refractivity contribution in [3.63, 3.8) is 0 Å². The van der Waals surface area contributed by atoms with E-state index in [1.165, 1.54) is 5.56 Å². The van der Waals surface area contributed by atoms with Gasteiger partial charge in [-0.15, -0.1) is 0 Å². The summed E-state index contributed by atoms with van der Waals surface area (Å²) in [5.41, 5.74) is 3.94. The molecule has 0 amide bonds. The zero-order valence-electron chi connectivity index (χ0n) is 14.8. The summed E-state index contributed by atoms with van der Waals surface area (Å²) in [5, 5.41) is 19.2. The minimum absolute atomic E-state index is 0.187. The summed E-state index contributed by atoms with van der Waals surface area (Å²) in [6.45, 7) is 3.55. The SMILES string of the molecule is CC(c1ccccc1)N(Cc1ccc(C#N)cc1)Cc1ccccc1O. The molecule has 0 aromatic heterocycles. The largest absolute Gasteiger partial charge is 0.508 e. The molecular formula is C23H22N2O. The first-order chi connectivity index (χ1) is 12.7. The third-order valence-electron chi connectivity index (χ3n) is 4.66. The van der Waals surface area contributed by atoms with E-state index in [1.807, 2.05) is 60.7 Å². The van der Waals surface area contributed by atoms with Crippen molar-refractivity contribution in [1.82, 2.24) is 4.90 Å². The molecule has 0 bridgehead atoms. The molecule has 1 N–H and O–H groups in total. The lowest BCUT2D eigenvalue weighted by Gasteiger charge is -2.30. The van der Waals surface area contributed by atoms with Gasteiger partial charge in [0.05, 0.1) is 11.6 Å². The van der Waals surface area contributed by atoms with E-state index < -0.39 is 0 Å². The van der Waals surface area contributed by atoms with E-state index in [9.17, 15) is 5.11 Å². The van der Waals surface area contributed by atoms with Crippen LogP contribution in [-0.4, -0.2) is 10.0 Å². The Morgan fingerprint density at radius 3 is 2.19 bits per heavy atom. The number of hydrogen-bond acceptors (Lipinski definition) is 3. The molecular weight excluding hydrogens is 320 g/mol. The van der Waals surface area contributed by atoms with Gasteiger partial charge in [0.15, 0.2) is 0 Å². The fourth-order valence-electron chi connectivity index (χ4n) is 3.05. The number of rotatable bonds is 6. The van der Waals surface area contributed by atoms with Crippen LogP contribution in [0, 0.1) is 11.3 Å². The third-order valence-corrected chi connectivity index (χ3v) is 4.66. The van der Waals surface area contributed by atoms with Crippen LogP contribution in [0.1, 0.15) is 35.2 Å². The summed E-state index contributed by atoms with van der Waals surface area (Å²) in [7, 11) is 0. The Hall–Kier alpha value is -3.09. The number of hydrogen-bond donors (Lipinski definition) is 1. The molecule has 1 atom stereocenters. The van der Waals surface area contributed by atoms with E-state index in [-0.39, 0.29) is 6.04 Å². The molecule has 26 heavy (non-hydrogen) atoms. The maximum atomic E-state index is 10.2. The molecule has 0 aliphatic carbocycles. The molecule has 0 saturated heterocycles. The number of phenolic OH excluding ortho intramolecular Hbond substituents is 1. The fraction of sp³-hybridized carbons (Fsp3) is 0.174. The molecule has 3 aromatic rings. The van der Waals surface area contributed by atoms with Crippen molar-refractivity contribution in [1.29, 1.82) is 5.26 Å². The quantitative estimate of drug-likeness (QED) is 0.683. The molecule has 0 spiro atoms. The van der Waals surface area contributed by atoms with Crippen LogP contribution in [0.25, 0.3) is 0 Å². The zero-order valence-corrected chi connectivity index (χ0v) is 14.8. The normalized spacial score (nSPS) is 11.9. The van der Waals surface area contributed by atoms with E-state index in [2.05, 4.69) is 30.0 Å². The summed E-state index contributed by atoms with van der Waals surface area (Å²) in [6.07, 6.45) is 0. The first-order valence-corrected chi connectivity index (χ1v) is 8.72. The van der Waals surface area contributed by atoms with Crippen LogP contribution >= 0.6 is 0 Å². The van der Waals surface area contributed by atoms with Crippen LogP contribution in [0.15, 0.2) is 78.9 Å². The summed E-state index contributed by atoms with van der Waals surface area (Å²) in [4.78, 5) is 2.33. The number of nitrogens with zero attached hydrogens (tertiary/aromatic N) is 2. The second kappa shape index (κ2) is 8.33. The number of phenols is 1. The van der Waals surface area contributed by atoms with E-state index in [4.69, 9.17) is 5.26 Å². The van der Waals surface area contributed by atoms with Crippen LogP contribution in [0.3, 0.4) is 0 Å². The lowest BCUT2D eigenvalue weighted by atomic mass is 10.0. The van der Waals surface area contributed by atoms with Crippen LogP contribution in [-0.2, 0) is 13.1 Å².